The van der Waals surface area contributed by atoms with Crippen molar-refractivity contribution < 1.29 is 52.7 Å². The number of hydrogen-bond acceptors (Lipinski definition) is 0. The van der Waals surface area contributed by atoms with Crippen LogP contribution in [0.4, 0.5) is 52.7 Å². The Balaban J connectivity index is 1.29. The Bertz CT molecular complexity index is 2710. The van der Waals surface area contributed by atoms with E-state index >= 15 is 26.3 Å². The first-order chi connectivity index (χ1) is 26.6. The third-order valence-electron chi connectivity index (χ3n) is 10.5. The van der Waals surface area contributed by atoms with Gasteiger partial charge in [0.15, 0.2) is 0 Å². The molecular weight excluding hydrogens is 772 g/mol. The van der Waals surface area contributed by atoms with Gasteiger partial charge in [-0.05, 0) is 110 Å². The van der Waals surface area contributed by atoms with Gasteiger partial charge in [0.1, 0.15) is 0 Å². The van der Waals surface area contributed by atoms with Crippen LogP contribution in [0.3, 0.4) is 0 Å². The van der Waals surface area contributed by atoms with Gasteiger partial charge in [-0.3, -0.25) is 0 Å². The number of aryl methyl sites for hydroxylation is 2. The molecule has 0 aliphatic rings. The molecule has 0 bridgehead atoms. The van der Waals surface area contributed by atoms with E-state index in [4.69, 9.17) is 0 Å². The molecule has 8 rings (SSSR count). The lowest BCUT2D eigenvalue weighted by Gasteiger charge is -2.38. The highest BCUT2D eigenvalue weighted by Crippen LogP contribution is 2.56. The minimum atomic E-state index is -5.94. The van der Waals surface area contributed by atoms with Gasteiger partial charge >= 0.3 is 24.7 Å². The molecule has 14 heteroatoms. The summed E-state index contributed by atoms with van der Waals surface area (Å²) in [5.74, 6) is 0. The van der Waals surface area contributed by atoms with Crippen LogP contribution in [0.15, 0.2) is 121 Å². The summed E-state index contributed by atoms with van der Waals surface area (Å²) in [4.78, 5) is 0. The lowest BCUT2D eigenvalue weighted by atomic mass is 9.73. The second-order valence-electron chi connectivity index (χ2n) is 14.0. The van der Waals surface area contributed by atoms with Crippen LogP contribution in [0.5, 0.6) is 0 Å². The van der Waals surface area contributed by atoms with Crippen molar-refractivity contribution in [3.05, 3.63) is 155 Å². The molecule has 0 atom stereocenters. The Morgan fingerprint density at radius 2 is 0.614 bits per heavy atom. The molecule has 0 N–H and O–H groups in total. The van der Waals surface area contributed by atoms with Gasteiger partial charge in [0.2, 0.25) is 5.41 Å². The van der Waals surface area contributed by atoms with Crippen LogP contribution in [0, 0.1) is 13.8 Å². The van der Waals surface area contributed by atoms with Gasteiger partial charge in [0, 0.05) is 32.9 Å². The zero-order valence-electron chi connectivity index (χ0n) is 29.5. The molecule has 0 amide bonds. The highest BCUT2D eigenvalue weighted by Gasteiger charge is 2.72. The van der Waals surface area contributed by atoms with E-state index in [2.05, 4.69) is 0 Å². The molecule has 0 saturated heterocycles. The molecule has 0 fully saturated rings. The van der Waals surface area contributed by atoms with Crippen molar-refractivity contribution >= 4 is 43.6 Å². The smallest absolute Gasteiger partial charge is 0.309 e. The van der Waals surface area contributed by atoms with Crippen molar-refractivity contribution in [1.82, 2.24) is 9.13 Å². The van der Waals surface area contributed by atoms with Crippen LogP contribution in [-0.2, 0) is 17.8 Å². The average Bonchev–Trinajstić information content (AvgIpc) is 3.62. The van der Waals surface area contributed by atoms with Crippen LogP contribution in [-0.4, -0.2) is 21.5 Å². The fourth-order valence-electron chi connectivity index (χ4n) is 7.89. The number of hydrogen-bond donors (Lipinski definition) is 0. The van der Waals surface area contributed by atoms with E-state index < -0.39 is 52.4 Å². The summed E-state index contributed by atoms with van der Waals surface area (Å²) in [5.41, 5.74) is -5.84. The lowest BCUT2D eigenvalue weighted by Crippen LogP contribution is -2.54. The summed E-state index contributed by atoms with van der Waals surface area (Å²) in [5, 5.41) is 1.18. The van der Waals surface area contributed by atoms with Crippen LogP contribution in [0.25, 0.3) is 55.0 Å². The topological polar surface area (TPSA) is 9.86 Å². The molecule has 57 heavy (non-hydrogen) atoms. The van der Waals surface area contributed by atoms with E-state index in [1.165, 1.54) is 16.7 Å². The van der Waals surface area contributed by atoms with Gasteiger partial charge in [0.05, 0.1) is 33.2 Å². The van der Waals surface area contributed by atoms with Gasteiger partial charge in [-0.2, -0.15) is 52.7 Å². The SMILES string of the molecule is Cc1ccc2c(c1)c1cc(C)ccc1n2-c1ccc(C(c2ccc(-n3c4ccc(C(F)(F)F)cc4c4cc(C(F)(F)F)ccc43)cc2)(C(F)(F)F)C(F)(F)F)cc1. The third-order valence-corrected chi connectivity index (χ3v) is 10.5. The third kappa shape index (κ3) is 5.90. The zero-order chi connectivity index (χ0) is 41.0. The Morgan fingerprint density at radius 3 is 0.912 bits per heavy atom. The van der Waals surface area contributed by atoms with Crippen molar-refractivity contribution in [3.8, 4) is 11.4 Å². The monoisotopic (exact) mass is 798 g/mol. The van der Waals surface area contributed by atoms with E-state index in [-0.39, 0.29) is 27.5 Å². The van der Waals surface area contributed by atoms with Crippen molar-refractivity contribution in [2.24, 2.45) is 0 Å². The fourth-order valence-corrected chi connectivity index (χ4v) is 7.89. The number of fused-ring (bicyclic) bond motifs is 6. The summed E-state index contributed by atoms with van der Waals surface area (Å²) in [7, 11) is 0. The predicted octanol–water partition coefficient (Wildman–Crippen LogP) is 13.9. The van der Waals surface area contributed by atoms with Crippen LogP contribution < -0.4 is 0 Å². The average molecular weight is 799 g/mol. The number of benzene rings is 6. The second-order valence-corrected chi connectivity index (χ2v) is 14.0. The standard InChI is InChI=1S/C43H26F12N2/c1-23-3-15-35-31(19-23)32-20-24(2)4-16-36(32)56(35)29-11-5-25(6-12-29)39(42(50,51)52,43(53,54)55)26-7-13-30(14-8-26)57-37-17-9-27(40(44,45)46)21-33(37)34-22-28(41(47,48)49)10-18-38(34)57/h3-22H,1-2H3. The van der Waals surface area contributed by atoms with Gasteiger partial charge in [-0.25, -0.2) is 0 Å². The number of halogens is 12. The summed E-state index contributed by atoms with van der Waals surface area (Å²) < 4.78 is 177. The predicted molar refractivity (Wildman–Crippen MR) is 194 cm³/mol. The first kappa shape index (κ1) is 38.0. The van der Waals surface area contributed by atoms with Crippen LogP contribution >= 0.6 is 0 Å². The van der Waals surface area contributed by atoms with E-state index in [9.17, 15) is 26.3 Å². The highest BCUT2D eigenvalue weighted by atomic mass is 19.4. The first-order valence-electron chi connectivity index (χ1n) is 17.2. The summed E-state index contributed by atoms with van der Waals surface area (Å²) in [6, 6.07) is 22.9. The van der Waals surface area contributed by atoms with E-state index in [1.54, 1.807) is 4.57 Å². The first-order valence-corrected chi connectivity index (χ1v) is 17.2. The second kappa shape index (κ2) is 12.5. The zero-order valence-corrected chi connectivity index (χ0v) is 29.5. The van der Waals surface area contributed by atoms with E-state index in [0.29, 0.717) is 53.1 Å². The molecule has 2 heterocycles. The number of nitrogens with zero attached hydrogens (tertiary/aromatic N) is 2. The number of alkyl halides is 12. The molecule has 6 aromatic carbocycles. The van der Waals surface area contributed by atoms with Crippen molar-refractivity contribution in [2.75, 3.05) is 0 Å². The Labute approximate surface area is 315 Å². The van der Waals surface area contributed by atoms with Gasteiger partial charge in [-0.1, -0.05) is 47.5 Å². The van der Waals surface area contributed by atoms with E-state index in [1.807, 2.05) is 50.2 Å². The number of rotatable bonds is 4. The van der Waals surface area contributed by atoms with E-state index in [0.717, 1.165) is 58.3 Å². The van der Waals surface area contributed by atoms with Crippen LogP contribution in [0.1, 0.15) is 33.4 Å². The van der Waals surface area contributed by atoms with Crippen molar-refractivity contribution in [1.29, 1.82) is 0 Å². The molecule has 0 aliphatic carbocycles. The largest absolute Gasteiger partial charge is 0.416 e. The summed E-state index contributed by atoms with van der Waals surface area (Å²) in [6.45, 7) is 3.80. The normalized spacial score (nSPS) is 13.4. The quantitative estimate of drug-likeness (QED) is 0.157. The molecule has 0 unspecified atom stereocenters. The molecule has 0 radical (unpaired) electrons. The minimum absolute atomic E-state index is 0.0612. The maximum Gasteiger partial charge on any atom is 0.416 e. The molecular formula is C43H26F12N2. The maximum absolute atomic E-state index is 15.3. The molecule has 0 spiro atoms. The van der Waals surface area contributed by atoms with Gasteiger partial charge in [-0.15, -0.1) is 0 Å². The molecule has 292 valence electrons. The number of aromatic nitrogens is 2. The molecule has 8 aromatic rings. The Hall–Kier alpha value is -5.92. The van der Waals surface area contributed by atoms with Gasteiger partial charge in [0.25, 0.3) is 0 Å². The Morgan fingerprint density at radius 1 is 0.333 bits per heavy atom. The Kier molecular flexibility index (Phi) is 8.36. The highest BCUT2D eigenvalue weighted by molar-refractivity contribution is 6.10. The van der Waals surface area contributed by atoms with Crippen LogP contribution in [0.2, 0.25) is 0 Å². The molecule has 2 aromatic heterocycles. The van der Waals surface area contributed by atoms with Crippen molar-refractivity contribution in [2.45, 2.75) is 44.0 Å². The lowest BCUT2D eigenvalue weighted by molar-refractivity contribution is -0.288. The van der Waals surface area contributed by atoms with Crippen molar-refractivity contribution in [3.63, 3.8) is 0 Å². The summed E-state index contributed by atoms with van der Waals surface area (Å²) in [6.07, 6.45) is -21.6. The summed E-state index contributed by atoms with van der Waals surface area (Å²) >= 11 is 0. The van der Waals surface area contributed by atoms with Gasteiger partial charge < -0.3 is 9.13 Å². The molecule has 0 aliphatic heterocycles. The fraction of sp³-hybridized carbons (Fsp3) is 0.163. The maximum atomic E-state index is 15.3. The molecule has 0 saturated carbocycles. The minimum Gasteiger partial charge on any atom is -0.309 e. The molecule has 2 nitrogen and oxygen atoms in total.